The van der Waals surface area contributed by atoms with Gasteiger partial charge in [0, 0.05) is 11.9 Å². The SMILES string of the molecule is NNc1nc(NCCC2CCCC2)c2ccccc2n1. The number of nitrogens with two attached hydrogens (primary N) is 1. The van der Waals surface area contributed by atoms with Crippen LogP contribution in [0, 0.1) is 5.92 Å². The van der Waals surface area contributed by atoms with E-state index in [1.54, 1.807) is 0 Å². The molecule has 5 heteroatoms. The van der Waals surface area contributed by atoms with Crippen LogP contribution in [0.15, 0.2) is 24.3 Å². The third kappa shape index (κ3) is 2.82. The van der Waals surface area contributed by atoms with Crippen molar-refractivity contribution < 1.29 is 0 Å². The van der Waals surface area contributed by atoms with Crippen LogP contribution >= 0.6 is 0 Å². The van der Waals surface area contributed by atoms with Crippen molar-refractivity contribution in [2.75, 3.05) is 17.3 Å². The maximum absolute atomic E-state index is 5.44. The Morgan fingerprint density at radius 3 is 2.75 bits per heavy atom. The lowest BCUT2D eigenvalue weighted by molar-refractivity contribution is 0.518. The summed E-state index contributed by atoms with van der Waals surface area (Å²) in [7, 11) is 0. The van der Waals surface area contributed by atoms with E-state index in [0.29, 0.717) is 5.95 Å². The smallest absolute Gasteiger partial charge is 0.239 e. The van der Waals surface area contributed by atoms with Gasteiger partial charge in [0.25, 0.3) is 0 Å². The molecule has 1 saturated carbocycles. The van der Waals surface area contributed by atoms with E-state index in [9.17, 15) is 0 Å². The second kappa shape index (κ2) is 6.05. The van der Waals surface area contributed by atoms with E-state index < -0.39 is 0 Å². The van der Waals surface area contributed by atoms with Crippen molar-refractivity contribution in [2.24, 2.45) is 11.8 Å². The number of hydrogen-bond acceptors (Lipinski definition) is 5. The Kier molecular flexibility index (Phi) is 3.97. The molecular formula is C15H21N5. The Bertz CT molecular complexity index is 577. The van der Waals surface area contributed by atoms with E-state index in [1.807, 2.05) is 24.3 Å². The molecule has 1 heterocycles. The first-order chi connectivity index (χ1) is 9.86. The summed E-state index contributed by atoms with van der Waals surface area (Å²) >= 11 is 0. The molecule has 0 bridgehead atoms. The van der Waals surface area contributed by atoms with Crippen molar-refractivity contribution in [3.05, 3.63) is 24.3 Å². The van der Waals surface area contributed by atoms with Gasteiger partial charge in [0.15, 0.2) is 0 Å². The number of fused-ring (bicyclic) bond motifs is 1. The minimum atomic E-state index is 0.451. The van der Waals surface area contributed by atoms with E-state index in [0.717, 1.165) is 29.2 Å². The van der Waals surface area contributed by atoms with Crippen LogP contribution in [0.4, 0.5) is 11.8 Å². The van der Waals surface area contributed by atoms with Crippen molar-refractivity contribution in [1.29, 1.82) is 0 Å². The first-order valence-electron chi connectivity index (χ1n) is 7.34. The molecule has 0 radical (unpaired) electrons. The summed E-state index contributed by atoms with van der Waals surface area (Å²) in [5.41, 5.74) is 3.43. The summed E-state index contributed by atoms with van der Waals surface area (Å²) in [4.78, 5) is 8.78. The van der Waals surface area contributed by atoms with E-state index in [2.05, 4.69) is 20.7 Å². The maximum atomic E-state index is 5.44. The highest BCUT2D eigenvalue weighted by molar-refractivity contribution is 5.89. The Morgan fingerprint density at radius 1 is 1.15 bits per heavy atom. The predicted molar refractivity (Wildman–Crippen MR) is 82.4 cm³/mol. The highest BCUT2D eigenvalue weighted by atomic mass is 15.3. The van der Waals surface area contributed by atoms with Gasteiger partial charge >= 0.3 is 0 Å². The zero-order valence-corrected chi connectivity index (χ0v) is 11.6. The molecule has 0 spiro atoms. The fraction of sp³-hybridized carbons (Fsp3) is 0.467. The fourth-order valence-electron chi connectivity index (χ4n) is 2.97. The average molecular weight is 271 g/mol. The molecule has 2 aromatic rings. The summed E-state index contributed by atoms with van der Waals surface area (Å²) in [6.45, 7) is 0.954. The van der Waals surface area contributed by atoms with Crippen molar-refractivity contribution in [3.8, 4) is 0 Å². The lowest BCUT2D eigenvalue weighted by Gasteiger charge is -2.12. The van der Waals surface area contributed by atoms with Gasteiger partial charge in [0.05, 0.1) is 5.52 Å². The molecule has 1 aliphatic carbocycles. The van der Waals surface area contributed by atoms with Gasteiger partial charge in [-0.25, -0.2) is 10.8 Å². The Labute approximate surface area is 119 Å². The largest absolute Gasteiger partial charge is 0.369 e. The monoisotopic (exact) mass is 271 g/mol. The highest BCUT2D eigenvalue weighted by Crippen LogP contribution is 2.28. The van der Waals surface area contributed by atoms with Gasteiger partial charge in [-0.2, -0.15) is 4.98 Å². The van der Waals surface area contributed by atoms with Crippen molar-refractivity contribution in [3.63, 3.8) is 0 Å². The Hall–Kier alpha value is -1.88. The van der Waals surface area contributed by atoms with E-state index in [4.69, 9.17) is 5.84 Å². The molecule has 4 N–H and O–H groups in total. The molecule has 0 unspecified atom stereocenters. The molecule has 106 valence electrons. The molecule has 0 saturated heterocycles. The molecule has 3 rings (SSSR count). The third-order valence-electron chi connectivity index (χ3n) is 4.05. The molecule has 5 nitrogen and oxygen atoms in total. The highest BCUT2D eigenvalue weighted by Gasteiger charge is 2.14. The molecule has 0 atom stereocenters. The van der Waals surface area contributed by atoms with Crippen molar-refractivity contribution in [1.82, 2.24) is 9.97 Å². The summed E-state index contributed by atoms with van der Waals surface area (Å²) in [6.07, 6.45) is 6.75. The number of aromatic nitrogens is 2. The molecule has 0 amide bonds. The van der Waals surface area contributed by atoms with Crippen LogP contribution in [0.2, 0.25) is 0 Å². The average Bonchev–Trinajstić information content (AvgIpc) is 3.00. The number of benzene rings is 1. The molecule has 20 heavy (non-hydrogen) atoms. The molecule has 0 aliphatic heterocycles. The first-order valence-corrected chi connectivity index (χ1v) is 7.34. The number of nitrogens with zero attached hydrogens (tertiary/aromatic N) is 2. The van der Waals surface area contributed by atoms with Gasteiger partial charge in [-0.15, -0.1) is 0 Å². The second-order valence-electron chi connectivity index (χ2n) is 5.42. The Balaban J connectivity index is 1.75. The zero-order valence-electron chi connectivity index (χ0n) is 11.6. The minimum Gasteiger partial charge on any atom is -0.369 e. The molecule has 1 aliphatic rings. The summed E-state index contributed by atoms with van der Waals surface area (Å²) < 4.78 is 0. The van der Waals surface area contributed by atoms with Crippen LogP contribution < -0.4 is 16.6 Å². The van der Waals surface area contributed by atoms with Gasteiger partial charge in [0.2, 0.25) is 5.95 Å². The molecular weight excluding hydrogens is 250 g/mol. The number of rotatable bonds is 5. The van der Waals surface area contributed by atoms with Gasteiger partial charge < -0.3 is 5.32 Å². The van der Waals surface area contributed by atoms with Crippen LogP contribution in [-0.2, 0) is 0 Å². The number of nitrogen functional groups attached to an aromatic ring is 1. The molecule has 1 aromatic heterocycles. The summed E-state index contributed by atoms with van der Waals surface area (Å²) in [5, 5.41) is 4.48. The van der Waals surface area contributed by atoms with E-state index in [1.165, 1.54) is 32.1 Å². The number of nitrogens with one attached hydrogen (secondary N) is 2. The van der Waals surface area contributed by atoms with Crippen LogP contribution in [0.1, 0.15) is 32.1 Å². The summed E-state index contributed by atoms with van der Waals surface area (Å²) in [5.74, 6) is 7.63. The minimum absolute atomic E-state index is 0.451. The third-order valence-corrected chi connectivity index (χ3v) is 4.05. The normalized spacial score (nSPS) is 15.7. The number of anilines is 2. The fourth-order valence-corrected chi connectivity index (χ4v) is 2.97. The van der Waals surface area contributed by atoms with Gasteiger partial charge in [0.1, 0.15) is 5.82 Å². The van der Waals surface area contributed by atoms with Crippen molar-refractivity contribution >= 4 is 22.7 Å². The zero-order chi connectivity index (χ0) is 13.8. The van der Waals surface area contributed by atoms with Crippen LogP contribution in [-0.4, -0.2) is 16.5 Å². The van der Waals surface area contributed by atoms with Gasteiger partial charge in [-0.1, -0.05) is 37.8 Å². The van der Waals surface area contributed by atoms with Crippen molar-refractivity contribution in [2.45, 2.75) is 32.1 Å². The topological polar surface area (TPSA) is 75.9 Å². The first kappa shape index (κ1) is 13.1. The van der Waals surface area contributed by atoms with Gasteiger partial charge in [-0.05, 0) is 24.5 Å². The maximum Gasteiger partial charge on any atom is 0.239 e. The van der Waals surface area contributed by atoms with Crippen LogP contribution in [0.25, 0.3) is 10.9 Å². The second-order valence-corrected chi connectivity index (χ2v) is 5.42. The number of hydrogen-bond donors (Lipinski definition) is 3. The van der Waals surface area contributed by atoms with E-state index in [-0.39, 0.29) is 0 Å². The predicted octanol–water partition coefficient (Wildman–Crippen LogP) is 2.91. The lowest BCUT2D eigenvalue weighted by atomic mass is 10.0. The Morgan fingerprint density at radius 2 is 1.95 bits per heavy atom. The van der Waals surface area contributed by atoms with Gasteiger partial charge in [-0.3, -0.25) is 5.43 Å². The molecule has 1 aromatic carbocycles. The standard InChI is InChI=1S/C15H21N5/c16-20-15-18-13-8-4-3-7-12(13)14(19-15)17-10-9-11-5-1-2-6-11/h3-4,7-8,11H,1-2,5-6,9-10,16H2,(H2,17,18,19,20). The quantitative estimate of drug-likeness (QED) is 0.576. The summed E-state index contributed by atoms with van der Waals surface area (Å²) in [6, 6.07) is 7.98. The van der Waals surface area contributed by atoms with Crippen LogP contribution in [0.5, 0.6) is 0 Å². The van der Waals surface area contributed by atoms with E-state index >= 15 is 0 Å². The number of para-hydroxylation sites is 1. The number of hydrazine groups is 1. The molecule has 1 fully saturated rings. The lowest BCUT2D eigenvalue weighted by Crippen LogP contribution is -2.13. The van der Waals surface area contributed by atoms with Crippen LogP contribution in [0.3, 0.4) is 0 Å².